The zero-order valence-corrected chi connectivity index (χ0v) is 12.0. The summed E-state index contributed by atoms with van der Waals surface area (Å²) in [5, 5.41) is 8.95. The van der Waals surface area contributed by atoms with Crippen LogP contribution in [0, 0.1) is 12.7 Å². The summed E-state index contributed by atoms with van der Waals surface area (Å²) >= 11 is 0. The van der Waals surface area contributed by atoms with E-state index >= 15 is 0 Å². The summed E-state index contributed by atoms with van der Waals surface area (Å²) in [4.78, 5) is 21.0. The second kappa shape index (κ2) is 6.64. The van der Waals surface area contributed by atoms with Gasteiger partial charge in [0.2, 0.25) is 15.9 Å². The number of rotatable bonds is 7. The third kappa shape index (κ3) is 4.80. The predicted molar refractivity (Wildman–Crippen MR) is 71.3 cm³/mol. The summed E-state index contributed by atoms with van der Waals surface area (Å²) < 4.78 is 39.5. The molecule has 0 aliphatic heterocycles. The van der Waals surface area contributed by atoms with E-state index in [-0.39, 0.29) is 12.8 Å². The van der Waals surface area contributed by atoms with Crippen molar-refractivity contribution in [3.05, 3.63) is 29.6 Å². The first-order valence-electron chi connectivity index (χ1n) is 5.93. The SMILES string of the molecule is Cc1ccc(F)c(S(=O)(=O)N[C@@H](CCC(N)=O)C(=O)O)c1. The first-order chi connectivity index (χ1) is 9.63. The fourth-order valence-corrected chi connectivity index (χ4v) is 2.97. The minimum absolute atomic E-state index is 0.310. The van der Waals surface area contributed by atoms with Gasteiger partial charge in [0.05, 0.1) is 0 Å². The molecule has 4 N–H and O–H groups in total. The maximum absolute atomic E-state index is 13.6. The first-order valence-corrected chi connectivity index (χ1v) is 7.41. The van der Waals surface area contributed by atoms with Gasteiger partial charge in [0.15, 0.2) is 0 Å². The molecule has 0 fully saturated rings. The number of carboxylic acid groups (broad SMARTS) is 1. The number of carbonyl (C=O) groups is 2. The van der Waals surface area contributed by atoms with Crippen molar-refractivity contribution in [2.45, 2.75) is 30.7 Å². The lowest BCUT2D eigenvalue weighted by Crippen LogP contribution is -2.41. The molecule has 0 aliphatic rings. The second-order valence-corrected chi connectivity index (χ2v) is 6.13. The summed E-state index contributed by atoms with van der Waals surface area (Å²) in [6, 6.07) is 1.88. The minimum Gasteiger partial charge on any atom is -0.480 e. The lowest BCUT2D eigenvalue weighted by molar-refractivity contribution is -0.139. The molecule has 0 radical (unpaired) electrons. The Morgan fingerprint density at radius 2 is 2.05 bits per heavy atom. The molecule has 0 spiro atoms. The molecule has 1 amide bonds. The van der Waals surface area contributed by atoms with Gasteiger partial charge in [-0.15, -0.1) is 0 Å². The number of nitrogens with two attached hydrogens (primary N) is 1. The predicted octanol–water partition coefficient (Wildman–Crippen LogP) is 0.131. The number of hydrogen-bond donors (Lipinski definition) is 3. The number of carbonyl (C=O) groups excluding carboxylic acids is 1. The highest BCUT2D eigenvalue weighted by Gasteiger charge is 2.27. The van der Waals surface area contributed by atoms with Gasteiger partial charge in [-0.2, -0.15) is 4.72 Å². The molecule has 0 heterocycles. The van der Waals surface area contributed by atoms with Crippen molar-refractivity contribution in [3.63, 3.8) is 0 Å². The van der Waals surface area contributed by atoms with E-state index in [9.17, 15) is 22.4 Å². The number of nitrogens with one attached hydrogen (secondary N) is 1. The van der Waals surface area contributed by atoms with Crippen LogP contribution in [0.25, 0.3) is 0 Å². The van der Waals surface area contributed by atoms with Gasteiger partial charge >= 0.3 is 5.97 Å². The zero-order chi connectivity index (χ0) is 16.2. The fourth-order valence-electron chi connectivity index (χ4n) is 1.59. The normalized spacial score (nSPS) is 12.9. The zero-order valence-electron chi connectivity index (χ0n) is 11.2. The number of primary amides is 1. The van der Waals surface area contributed by atoms with Gasteiger partial charge in [-0.05, 0) is 31.0 Å². The molecule has 0 saturated carbocycles. The molecule has 1 aromatic carbocycles. The Morgan fingerprint density at radius 1 is 1.43 bits per heavy atom. The fraction of sp³-hybridized carbons (Fsp3) is 0.333. The van der Waals surface area contributed by atoms with Crippen LogP contribution in [0.4, 0.5) is 4.39 Å². The number of aliphatic carboxylic acids is 1. The Hall–Kier alpha value is -2.00. The van der Waals surface area contributed by atoms with Crippen LogP contribution in [0.3, 0.4) is 0 Å². The third-order valence-electron chi connectivity index (χ3n) is 2.65. The maximum Gasteiger partial charge on any atom is 0.321 e. The van der Waals surface area contributed by atoms with E-state index in [0.29, 0.717) is 5.56 Å². The molecule has 0 saturated heterocycles. The van der Waals surface area contributed by atoms with Crippen LogP contribution in [0.1, 0.15) is 18.4 Å². The van der Waals surface area contributed by atoms with Gasteiger partial charge in [0.1, 0.15) is 16.8 Å². The number of aryl methyl sites for hydroxylation is 1. The molecule has 7 nitrogen and oxygen atoms in total. The number of amides is 1. The number of sulfonamides is 1. The van der Waals surface area contributed by atoms with Gasteiger partial charge in [0, 0.05) is 6.42 Å². The molecule has 1 aromatic rings. The molecule has 116 valence electrons. The summed E-state index contributed by atoms with van der Waals surface area (Å²) in [6.45, 7) is 1.57. The number of halogens is 1. The third-order valence-corrected chi connectivity index (χ3v) is 4.14. The largest absolute Gasteiger partial charge is 0.480 e. The summed E-state index contributed by atoms with van der Waals surface area (Å²) in [5.74, 6) is -3.23. The Kier molecular flexibility index (Phi) is 5.39. The highest BCUT2D eigenvalue weighted by Crippen LogP contribution is 2.17. The lowest BCUT2D eigenvalue weighted by atomic mass is 10.2. The molecular formula is C12H15FN2O5S. The number of carboxylic acids is 1. The smallest absolute Gasteiger partial charge is 0.321 e. The van der Waals surface area contributed by atoms with Crippen molar-refractivity contribution >= 4 is 21.9 Å². The van der Waals surface area contributed by atoms with E-state index in [1.807, 2.05) is 4.72 Å². The van der Waals surface area contributed by atoms with Gasteiger partial charge < -0.3 is 10.8 Å². The van der Waals surface area contributed by atoms with Crippen LogP contribution in [0.5, 0.6) is 0 Å². The quantitative estimate of drug-likeness (QED) is 0.658. The summed E-state index contributed by atoms with van der Waals surface area (Å²) in [5.41, 5.74) is 5.39. The molecular weight excluding hydrogens is 303 g/mol. The topological polar surface area (TPSA) is 127 Å². The van der Waals surface area contributed by atoms with Crippen molar-refractivity contribution in [1.82, 2.24) is 4.72 Å². The Morgan fingerprint density at radius 3 is 2.57 bits per heavy atom. The van der Waals surface area contributed by atoms with Gasteiger partial charge in [-0.25, -0.2) is 12.8 Å². The van der Waals surface area contributed by atoms with E-state index < -0.39 is 38.7 Å². The average Bonchev–Trinajstić information content (AvgIpc) is 2.36. The summed E-state index contributed by atoms with van der Waals surface area (Å²) in [6.07, 6.45) is -0.632. The van der Waals surface area contributed by atoms with Gasteiger partial charge in [-0.3, -0.25) is 9.59 Å². The molecule has 0 aliphatic carbocycles. The van der Waals surface area contributed by atoms with E-state index in [1.165, 1.54) is 6.07 Å². The van der Waals surface area contributed by atoms with Crippen LogP contribution in [-0.4, -0.2) is 31.4 Å². The Balaban J connectivity index is 3.03. The maximum atomic E-state index is 13.6. The van der Waals surface area contributed by atoms with Crippen LogP contribution in [0.15, 0.2) is 23.1 Å². The molecule has 0 aromatic heterocycles. The lowest BCUT2D eigenvalue weighted by Gasteiger charge is -2.14. The molecule has 1 atom stereocenters. The number of benzene rings is 1. The highest BCUT2D eigenvalue weighted by atomic mass is 32.2. The van der Waals surface area contributed by atoms with Crippen molar-refractivity contribution in [2.24, 2.45) is 5.73 Å². The van der Waals surface area contributed by atoms with E-state index in [4.69, 9.17) is 10.8 Å². The van der Waals surface area contributed by atoms with Crippen molar-refractivity contribution < 1.29 is 27.5 Å². The second-order valence-electron chi connectivity index (χ2n) is 4.45. The van der Waals surface area contributed by atoms with Crippen LogP contribution < -0.4 is 10.5 Å². The molecule has 1 rings (SSSR count). The standard InChI is InChI=1S/C12H15FN2O5S/c1-7-2-3-8(13)10(6-7)21(19,20)15-9(12(17)18)4-5-11(14)16/h2-3,6,9,15H,4-5H2,1H3,(H2,14,16)(H,17,18)/t9-/m0/s1. The van der Waals surface area contributed by atoms with Crippen LogP contribution >= 0.6 is 0 Å². The van der Waals surface area contributed by atoms with E-state index in [1.54, 1.807) is 6.92 Å². The minimum atomic E-state index is -4.36. The van der Waals surface area contributed by atoms with Gasteiger partial charge in [-0.1, -0.05) is 6.07 Å². The van der Waals surface area contributed by atoms with Crippen LogP contribution in [-0.2, 0) is 19.6 Å². The summed E-state index contributed by atoms with van der Waals surface area (Å²) in [7, 11) is -4.36. The molecule has 9 heteroatoms. The Bertz CT molecular complexity index is 660. The monoisotopic (exact) mass is 318 g/mol. The first kappa shape index (κ1) is 17.1. The van der Waals surface area contributed by atoms with Crippen molar-refractivity contribution in [1.29, 1.82) is 0 Å². The van der Waals surface area contributed by atoms with Crippen LogP contribution in [0.2, 0.25) is 0 Å². The van der Waals surface area contributed by atoms with E-state index in [0.717, 1.165) is 12.1 Å². The number of hydrogen-bond acceptors (Lipinski definition) is 4. The average molecular weight is 318 g/mol. The highest BCUT2D eigenvalue weighted by molar-refractivity contribution is 7.89. The van der Waals surface area contributed by atoms with E-state index in [2.05, 4.69) is 0 Å². The molecule has 0 unspecified atom stereocenters. The van der Waals surface area contributed by atoms with Gasteiger partial charge in [0.25, 0.3) is 0 Å². The van der Waals surface area contributed by atoms with Crippen molar-refractivity contribution in [2.75, 3.05) is 0 Å². The van der Waals surface area contributed by atoms with Crippen molar-refractivity contribution in [3.8, 4) is 0 Å². The molecule has 21 heavy (non-hydrogen) atoms. The molecule has 0 bridgehead atoms. The Labute approximate surface area is 121 Å².